The predicted octanol–water partition coefficient (Wildman–Crippen LogP) is 13.1. The lowest BCUT2D eigenvalue weighted by Crippen LogP contribution is -2.06. The van der Waals surface area contributed by atoms with Gasteiger partial charge in [0, 0.05) is 21.9 Å². The van der Waals surface area contributed by atoms with Gasteiger partial charge in [0.1, 0.15) is 0 Å². The van der Waals surface area contributed by atoms with E-state index in [2.05, 4.69) is 193 Å². The summed E-state index contributed by atoms with van der Waals surface area (Å²) in [7, 11) is 0. The minimum Gasteiger partial charge on any atom is -0.278 e. The lowest BCUT2D eigenvalue weighted by Gasteiger charge is -2.15. The molecule has 0 amide bonds. The van der Waals surface area contributed by atoms with Crippen molar-refractivity contribution in [3.8, 4) is 51.0 Å². The molecule has 0 aliphatic carbocycles. The van der Waals surface area contributed by atoms with Gasteiger partial charge in [-0.3, -0.25) is 4.57 Å². The highest BCUT2D eigenvalue weighted by Gasteiger charge is 2.18. The van der Waals surface area contributed by atoms with Gasteiger partial charge in [0.25, 0.3) is 0 Å². The molecular formula is C51H32N4. The Hall–Kier alpha value is -7.43. The molecule has 0 radical (unpaired) electrons. The molecule has 11 rings (SSSR count). The van der Waals surface area contributed by atoms with Gasteiger partial charge in [-0.2, -0.15) is 9.97 Å². The summed E-state index contributed by atoms with van der Waals surface area (Å²) < 4.78 is 2.17. The van der Waals surface area contributed by atoms with Gasteiger partial charge in [-0.05, 0) is 72.8 Å². The SMILES string of the molecule is c1ccc(-c2ccc(-c3nc(-c4ccc(-c5c6ccccc6cc6c5ccc5ccccc56)cc4)nc(-n4c5ccccc5c5ccccc54)n3)cc2)cc1. The molecule has 9 aromatic carbocycles. The highest BCUT2D eigenvalue weighted by atomic mass is 15.2. The number of hydrogen-bond donors (Lipinski definition) is 0. The summed E-state index contributed by atoms with van der Waals surface area (Å²) in [5.41, 5.74) is 8.64. The van der Waals surface area contributed by atoms with Crippen LogP contribution in [0.15, 0.2) is 194 Å². The molecule has 4 heteroatoms. The second-order valence-electron chi connectivity index (χ2n) is 14.0. The van der Waals surface area contributed by atoms with E-state index >= 15 is 0 Å². The number of nitrogens with zero attached hydrogens (tertiary/aromatic N) is 4. The van der Waals surface area contributed by atoms with Gasteiger partial charge in [-0.25, -0.2) is 4.98 Å². The minimum atomic E-state index is 0.584. The van der Waals surface area contributed by atoms with Crippen LogP contribution in [0, 0.1) is 0 Å². The zero-order valence-corrected chi connectivity index (χ0v) is 29.8. The average molecular weight is 701 g/mol. The van der Waals surface area contributed by atoms with Crippen LogP contribution < -0.4 is 0 Å². The maximum Gasteiger partial charge on any atom is 0.238 e. The van der Waals surface area contributed by atoms with Crippen molar-refractivity contribution < 1.29 is 0 Å². The lowest BCUT2D eigenvalue weighted by atomic mass is 9.89. The van der Waals surface area contributed by atoms with Crippen LogP contribution in [0.2, 0.25) is 0 Å². The first-order valence-corrected chi connectivity index (χ1v) is 18.6. The van der Waals surface area contributed by atoms with Crippen molar-refractivity contribution in [2.24, 2.45) is 0 Å². The monoisotopic (exact) mass is 700 g/mol. The summed E-state index contributed by atoms with van der Waals surface area (Å²) in [6.45, 7) is 0. The van der Waals surface area contributed by atoms with Crippen LogP contribution in [0.4, 0.5) is 0 Å². The molecule has 0 spiro atoms. The van der Waals surface area contributed by atoms with E-state index < -0.39 is 0 Å². The van der Waals surface area contributed by atoms with Crippen LogP contribution in [-0.2, 0) is 0 Å². The summed E-state index contributed by atoms with van der Waals surface area (Å²) in [5, 5.41) is 9.77. The second-order valence-corrected chi connectivity index (χ2v) is 14.0. The average Bonchev–Trinajstić information content (AvgIpc) is 3.60. The molecule has 4 nitrogen and oxygen atoms in total. The minimum absolute atomic E-state index is 0.584. The number of benzene rings is 9. The smallest absolute Gasteiger partial charge is 0.238 e. The van der Waals surface area contributed by atoms with Crippen molar-refractivity contribution >= 4 is 54.1 Å². The summed E-state index contributed by atoms with van der Waals surface area (Å²) in [6.07, 6.45) is 0. The van der Waals surface area contributed by atoms with Gasteiger partial charge >= 0.3 is 0 Å². The van der Waals surface area contributed by atoms with Crippen molar-refractivity contribution in [3.05, 3.63) is 194 Å². The first-order chi connectivity index (χ1) is 27.3. The normalized spacial score (nSPS) is 11.6. The fraction of sp³-hybridized carbons (Fsp3) is 0. The molecule has 0 aliphatic heterocycles. The zero-order chi connectivity index (χ0) is 36.3. The Morgan fingerprint density at radius 2 is 0.782 bits per heavy atom. The fourth-order valence-electron chi connectivity index (χ4n) is 8.22. The van der Waals surface area contributed by atoms with E-state index in [0.29, 0.717) is 17.6 Å². The number of rotatable bonds is 5. The lowest BCUT2D eigenvalue weighted by molar-refractivity contribution is 0.953. The van der Waals surface area contributed by atoms with Gasteiger partial charge in [-0.15, -0.1) is 0 Å². The van der Waals surface area contributed by atoms with Crippen LogP contribution in [0.25, 0.3) is 105 Å². The molecule has 0 unspecified atom stereocenters. The van der Waals surface area contributed by atoms with E-state index in [4.69, 9.17) is 15.0 Å². The first-order valence-electron chi connectivity index (χ1n) is 18.6. The van der Waals surface area contributed by atoms with E-state index in [9.17, 15) is 0 Å². The van der Waals surface area contributed by atoms with E-state index in [1.165, 1.54) is 43.4 Å². The van der Waals surface area contributed by atoms with Gasteiger partial charge in [0.15, 0.2) is 11.6 Å². The molecule has 0 N–H and O–H groups in total. The maximum absolute atomic E-state index is 5.21. The Bertz CT molecular complexity index is 3180. The molecule has 2 heterocycles. The predicted molar refractivity (Wildman–Crippen MR) is 228 cm³/mol. The fourth-order valence-corrected chi connectivity index (χ4v) is 8.22. The van der Waals surface area contributed by atoms with Gasteiger partial charge in [0.2, 0.25) is 5.95 Å². The highest BCUT2D eigenvalue weighted by molar-refractivity contribution is 6.20. The van der Waals surface area contributed by atoms with Crippen LogP contribution in [0.3, 0.4) is 0 Å². The largest absolute Gasteiger partial charge is 0.278 e. The van der Waals surface area contributed by atoms with Crippen molar-refractivity contribution in [3.63, 3.8) is 0 Å². The zero-order valence-electron chi connectivity index (χ0n) is 29.8. The third kappa shape index (κ3) is 5.19. The topological polar surface area (TPSA) is 43.6 Å². The third-order valence-corrected chi connectivity index (χ3v) is 10.9. The summed E-state index contributed by atoms with van der Waals surface area (Å²) >= 11 is 0. The number of aromatic nitrogens is 4. The molecule has 11 aromatic rings. The Balaban J connectivity index is 1.09. The number of fused-ring (bicyclic) bond motifs is 7. The molecule has 2 aromatic heterocycles. The molecule has 0 saturated carbocycles. The maximum atomic E-state index is 5.21. The molecule has 0 fully saturated rings. The van der Waals surface area contributed by atoms with E-state index in [0.717, 1.165) is 44.1 Å². The Morgan fingerprint density at radius 1 is 0.291 bits per heavy atom. The summed E-state index contributed by atoms with van der Waals surface area (Å²) in [6, 6.07) is 68.7. The standard InChI is InChI=1S/C51H32N4/c1-2-12-33(13-3-1)34-22-26-37(27-23-34)49-52-50(54-51(53-49)55-46-20-10-8-18-42(46)43-19-9-11-21-47(43)55)38-28-24-36(25-29-38)48-41-17-7-5-15-39(41)32-45-40-16-6-4-14-35(40)30-31-44(45)48/h1-32H. The number of hydrogen-bond acceptors (Lipinski definition) is 3. The highest BCUT2D eigenvalue weighted by Crippen LogP contribution is 2.40. The summed E-state index contributed by atoms with van der Waals surface area (Å²) in [4.78, 5) is 15.5. The van der Waals surface area contributed by atoms with Crippen LogP contribution in [0.1, 0.15) is 0 Å². The van der Waals surface area contributed by atoms with E-state index in [-0.39, 0.29) is 0 Å². The molecule has 256 valence electrons. The quantitative estimate of drug-likeness (QED) is 0.133. The molecule has 0 atom stereocenters. The van der Waals surface area contributed by atoms with E-state index in [1.807, 2.05) is 6.07 Å². The Labute approximate surface area is 317 Å². The van der Waals surface area contributed by atoms with Crippen molar-refractivity contribution in [2.75, 3.05) is 0 Å². The van der Waals surface area contributed by atoms with Crippen molar-refractivity contribution in [1.82, 2.24) is 19.5 Å². The van der Waals surface area contributed by atoms with Gasteiger partial charge < -0.3 is 0 Å². The summed E-state index contributed by atoms with van der Waals surface area (Å²) in [5.74, 6) is 1.83. The van der Waals surface area contributed by atoms with Crippen molar-refractivity contribution in [1.29, 1.82) is 0 Å². The van der Waals surface area contributed by atoms with E-state index in [1.54, 1.807) is 0 Å². The van der Waals surface area contributed by atoms with Crippen LogP contribution in [-0.4, -0.2) is 19.5 Å². The third-order valence-electron chi connectivity index (χ3n) is 10.9. The molecule has 55 heavy (non-hydrogen) atoms. The van der Waals surface area contributed by atoms with Crippen LogP contribution >= 0.6 is 0 Å². The van der Waals surface area contributed by atoms with Crippen molar-refractivity contribution in [2.45, 2.75) is 0 Å². The number of para-hydroxylation sites is 2. The Morgan fingerprint density at radius 3 is 1.44 bits per heavy atom. The molecular weight excluding hydrogens is 669 g/mol. The second kappa shape index (κ2) is 12.6. The van der Waals surface area contributed by atoms with Gasteiger partial charge in [0.05, 0.1) is 11.0 Å². The van der Waals surface area contributed by atoms with Crippen LogP contribution in [0.5, 0.6) is 0 Å². The molecule has 0 bridgehead atoms. The van der Waals surface area contributed by atoms with Gasteiger partial charge in [-0.1, -0.05) is 176 Å². The Kier molecular flexibility index (Phi) is 7.14. The first kappa shape index (κ1) is 31.1. The molecule has 0 saturated heterocycles. The molecule has 0 aliphatic rings.